The number of hydrogen-bond donors (Lipinski definition) is 0. The van der Waals surface area contributed by atoms with Gasteiger partial charge in [0.1, 0.15) is 0 Å². The minimum atomic E-state index is -0.0486. The van der Waals surface area contributed by atoms with E-state index in [4.69, 9.17) is 9.47 Å². The Bertz CT molecular complexity index is 48.9. The molecule has 1 radical (unpaired) electrons. The molecule has 0 aromatic rings. The molecule has 55 valence electrons. The molecule has 0 heterocycles. The van der Waals surface area contributed by atoms with E-state index in [1.54, 1.807) is 0 Å². The third kappa shape index (κ3) is 4.43. The summed E-state index contributed by atoms with van der Waals surface area (Å²) < 4.78 is 10.3. The Labute approximate surface area is 57.2 Å². The van der Waals surface area contributed by atoms with E-state index in [2.05, 4.69) is 6.92 Å². The summed E-state index contributed by atoms with van der Waals surface area (Å²) in [6.45, 7) is 8.72. The molecule has 0 aliphatic rings. The molecular formula is C7H15O2. The largest absolute Gasteiger partial charge is 0.353 e. The zero-order valence-corrected chi connectivity index (χ0v) is 6.22. The van der Waals surface area contributed by atoms with Crippen molar-refractivity contribution in [1.29, 1.82) is 0 Å². The molecule has 1 atom stereocenters. The van der Waals surface area contributed by atoms with Crippen LogP contribution in [0.2, 0.25) is 0 Å². The van der Waals surface area contributed by atoms with Crippen molar-refractivity contribution in [2.45, 2.75) is 26.6 Å². The first kappa shape index (κ1) is 8.92. The molecule has 0 saturated heterocycles. The van der Waals surface area contributed by atoms with Crippen LogP contribution in [0.15, 0.2) is 0 Å². The Balaban J connectivity index is 3.18. The maximum Gasteiger partial charge on any atom is 0.157 e. The Hall–Kier alpha value is -0.0800. The average molecular weight is 131 g/mol. The maximum absolute atomic E-state index is 5.17. The van der Waals surface area contributed by atoms with Crippen LogP contribution in [0, 0.1) is 6.92 Å². The average Bonchev–Trinajstić information content (AvgIpc) is 1.88. The van der Waals surface area contributed by atoms with E-state index >= 15 is 0 Å². The topological polar surface area (TPSA) is 18.5 Å². The highest BCUT2D eigenvalue weighted by atomic mass is 16.7. The molecule has 0 saturated carbocycles. The molecule has 1 unspecified atom stereocenters. The molecule has 0 aromatic heterocycles. The van der Waals surface area contributed by atoms with Crippen LogP contribution >= 0.6 is 0 Å². The summed E-state index contributed by atoms with van der Waals surface area (Å²) in [5, 5.41) is 0. The van der Waals surface area contributed by atoms with Crippen LogP contribution in [-0.2, 0) is 9.47 Å². The van der Waals surface area contributed by atoms with Gasteiger partial charge in [-0.25, -0.2) is 0 Å². The van der Waals surface area contributed by atoms with E-state index in [1.165, 1.54) is 0 Å². The summed E-state index contributed by atoms with van der Waals surface area (Å²) in [5.41, 5.74) is 0. The fraction of sp³-hybridized carbons (Fsp3) is 0.857. The third-order valence-corrected chi connectivity index (χ3v) is 0.990. The van der Waals surface area contributed by atoms with Crippen molar-refractivity contribution in [1.82, 2.24) is 0 Å². The lowest BCUT2D eigenvalue weighted by molar-refractivity contribution is -0.132. The maximum atomic E-state index is 5.17. The molecule has 0 spiro atoms. The Morgan fingerprint density at radius 2 is 2.00 bits per heavy atom. The van der Waals surface area contributed by atoms with Gasteiger partial charge in [0.05, 0.1) is 0 Å². The van der Waals surface area contributed by atoms with Crippen molar-refractivity contribution >= 4 is 0 Å². The molecule has 0 aromatic carbocycles. The van der Waals surface area contributed by atoms with Crippen LogP contribution in [0.1, 0.15) is 20.3 Å². The first-order valence-electron chi connectivity index (χ1n) is 3.37. The summed E-state index contributed by atoms with van der Waals surface area (Å²) >= 11 is 0. The van der Waals surface area contributed by atoms with Gasteiger partial charge in [-0.3, -0.25) is 0 Å². The summed E-state index contributed by atoms with van der Waals surface area (Å²) in [7, 11) is 0. The molecule has 9 heavy (non-hydrogen) atoms. The van der Waals surface area contributed by atoms with Gasteiger partial charge < -0.3 is 9.47 Å². The monoisotopic (exact) mass is 131 g/mol. The second-order valence-electron chi connectivity index (χ2n) is 1.66. The van der Waals surface area contributed by atoms with E-state index in [-0.39, 0.29) is 6.29 Å². The van der Waals surface area contributed by atoms with Gasteiger partial charge in [0, 0.05) is 13.2 Å². The smallest absolute Gasteiger partial charge is 0.157 e. The molecule has 0 amide bonds. The van der Waals surface area contributed by atoms with E-state index in [9.17, 15) is 0 Å². The minimum absolute atomic E-state index is 0.0486. The van der Waals surface area contributed by atoms with Crippen molar-refractivity contribution in [2.24, 2.45) is 0 Å². The lowest BCUT2D eigenvalue weighted by Gasteiger charge is -2.13. The van der Waals surface area contributed by atoms with E-state index in [1.807, 2.05) is 13.8 Å². The van der Waals surface area contributed by atoms with E-state index in [0.717, 1.165) is 6.42 Å². The van der Waals surface area contributed by atoms with Crippen molar-refractivity contribution in [2.75, 3.05) is 13.2 Å². The van der Waals surface area contributed by atoms with Crippen LogP contribution in [0.4, 0.5) is 0 Å². The quantitative estimate of drug-likeness (QED) is 0.528. The van der Waals surface area contributed by atoms with Gasteiger partial charge in [0.2, 0.25) is 0 Å². The summed E-state index contributed by atoms with van der Waals surface area (Å²) in [5.74, 6) is 0. The van der Waals surface area contributed by atoms with Gasteiger partial charge in [0.25, 0.3) is 0 Å². The number of ether oxygens (including phenoxy) is 2. The summed E-state index contributed by atoms with van der Waals surface area (Å²) in [6, 6.07) is 0. The predicted molar refractivity (Wildman–Crippen MR) is 37.0 cm³/mol. The molecule has 0 bridgehead atoms. The van der Waals surface area contributed by atoms with Crippen molar-refractivity contribution in [3.8, 4) is 0 Å². The Kier molecular flexibility index (Phi) is 5.99. The normalized spacial score (nSPS) is 10.7. The van der Waals surface area contributed by atoms with Gasteiger partial charge in [-0.2, -0.15) is 0 Å². The number of hydrogen-bond acceptors (Lipinski definition) is 2. The first-order valence-corrected chi connectivity index (χ1v) is 3.37. The molecule has 0 N–H and O–H groups in total. The van der Waals surface area contributed by atoms with Gasteiger partial charge in [-0.15, -0.1) is 0 Å². The lowest BCUT2D eigenvalue weighted by atomic mass is 10.5. The van der Waals surface area contributed by atoms with Crippen molar-refractivity contribution in [3.63, 3.8) is 0 Å². The molecule has 0 fully saturated rings. The molecule has 0 aliphatic carbocycles. The van der Waals surface area contributed by atoms with Crippen LogP contribution in [0.3, 0.4) is 0 Å². The third-order valence-electron chi connectivity index (χ3n) is 0.990. The highest BCUT2D eigenvalue weighted by Gasteiger charge is 2.01. The second kappa shape index (κ2) is 6.05. The second-order valence-corrected chi connectivity index (χ2v) is 1.66. The summed E-state index contributed by atoms with van der Waals surface area (Å²) in [6.07, 6.45) is 0.844. The zero-order chi connectivity index (χ0) is 7.11. The Morgan fingerprint density at radius 3 is 2.33 bits per heavy atom. The molecule has 2 nitrogen and oxygen atoms in total. The van der Waals surface area contributed by atoms with E-state index < -0.39 is 0 Å². The highest BCUT2D eigenvalue weighted by Crippen LogP contribution is 1.98. The predicted octanol–water partition coefficient (Wildman–Crippen LogP) is 1.61. The van der Waals surface area contributed by atoms with Crippen LogP contribution in [0.5, 0.6) is 0 Å². The van der Waals surface area contributed by atoms with Gasteiger partial charge in [-0.05, 0) is 20.3 Å². The Morgan fingerprint density at radius 1 is 1.33 bits per heavy atom. The fourth-order valence-electron chi connectivity index (χ4n) is 0.601. The SMILES string of the molecule is [CH2]COC(CC)OCC. The van der Waals surface area contributed by atoms with E-state index in [0.29, 0.717) is 13.2 Å². The molecule has 2 heteroatoms. The highest BCUT2D eigenvalue weighted by molar-refractivity contribution is 4.39. The molecule has 0 rings (SSSR count). The van der Waals surface area contributed by atoms with Gasteiger partial charge >= 0.3 is 0 Å². The fourth-order valence-corrected chi connectivity index (χ4v) is 0.601. The van der Waals surface area contributed by atoms with Gasteiger partial charge in [-0.1, -0.05) is 6.92 Å². The lowest BCUT2D eigenvalue weighted by Crippen LogP contribution is -2.15. The van der Waals surface area contributed by atoms with Crippen molar-refractivity contribution < 1.29 is 9.47 Å². The molecule has 0 aliphatic heterocycles. The van der Waals surface area contributed by atoms with Crippen LogP contribution < -0.4 is 0 Å². The van der Waals surface area contributed by atoms with Gasteiger partial charge in [0.15, 0.2) is 6.29 Å². The minimum Gasteiger partial charge on any atom is -0.353 e. The molecular weight excluding hydrogens is 116 g/mol. The van der Waals surface area contributed by atoms with Crippen molar-refractivity contribution in [3.05, 3.63) is 6.92 Å². The summed E-state index contributed by atoms with van der Waals surface area (Å²) in [4.78, 5) is 0. The number of rotatable bonds is 5. The van der Waals surface area contributed by atoms with Crippen LogP contribution in [-0.4, -0.2) is 19.5 Å². The first-order chi connectivity index (χ1) is 4.35. The van der Waals surface area contributed by atoms with Crippen LogP contribution in [0.25, 0.3) is 0 Å². The standard InChI is InChI=1S/C7H15O2/c1-4-7(8-5-2)9-6-3/h7H,2,4-6H2,1,3H3. The zero-order valence-electron chi connectivity index (χ0n) is 6.22.